The molecule has 1 fully saturated rings. The van der Waals surface area contributed by atoms with Crippen LogP contribution >= 0.6 is 0 Å². The minimum Gasteiger partial charge on any atom is -0.427 e. The lowest BCUT2D eigenvalue weighted by Crippen LogP contribution is -2.49. The molecule has 0 aromatic heterocycles. The molecule has 1 N–H and O–H groups in total. The number of carbonyl (C=O) groups is 1. The molecular weight excluding hydrogens is 324 g/mol. The van der Waals surface area contributed by atoms with Gasteiger partial charge in [-0.2, -0.15) is 0 Å². The smallest absolute Gasteiger partial charge is 0.331 e. The quantitative estimate of drug-likeness (QED) is 0.779. The number of nitrogens with zero attached hydrogens (tertiary/aromatic N) is 1. The molecule has 1 radical (unpaired) electrons. The fourth-order valence-electron chi connectivity index (χ4n) is 2.23. The van der Waals surface area contributed by atoms with Crippen molar-refractivity contribution in [3.8, 4) is 0 Å². The van der Waals surface area contributed by atoms with E-state index >= 15 is 0 Å². The van der Waals surface area contributed by atoms with Gasteiger partial charge in [0.05, 0.1) is 30.8 Å². The van der Waals surface area contributed by atoms with Gasteiger partial charge in [-0.05, 0) is 39.3 Å². The van der Waals surface area contributed by atoms with Crippen molar-refractivity contribution >= 4 is 18.9 Å². The van der Waals surface area contributed by atoms with Crippen molar-refractivity contribution in [2.24, 2.45) is 0 Å². The van der Waals surface area contributed by atoms with Crippen LogP contribution in [0.1, 0.15) is 33.3 Å². The lowest BCUT2D eigenvalue weighted by molar-refractivity contribution is -0.134. The Morgan fingerprint density at radius 2 is 1.96 bits per heavy atom. The van der Waals surface area contributed by atoms with Crippen LogP contribution in [-0.4, -0.2) is 60.9 Å². The van der Waals surface area contributed by atoms with E-state index in [1.54, 1.807) is 44.7 Å². The highest BCUT2D eigenvalue weighted by atomic mass is 19.1. The molecule has 1 heterocycles. The number of hydrogen-bond acceptors (Lipinski definition) is 4. The van der Waals surface area contributed by atoms with Crippen molar-refractivity contribution < 1.29 is 23.7 Å². The van der Waals surface area contributed by atoms with Crippen molar-refractivity contribution in [3.63, 3.8) is 0 Å². The molecule has 5 nitrogen and oxygen atoms in total. The highest BCUT2D eigenvalue weighted by Gasteiger charge is 2.35. The Bertz CT molecular complexity index is 610. The van der Waals surface area contributed by atoms with E-state index in [0.717, 1.165) is 0 Å². The summed E-state index contributed by atoms with van der Waals surface area (Å²) in [4.78, 5) is 13.9. The van der Waals surface area contributed by atoms with Gasteiger partial charge in [0.2, 0.25) is 5.91 Å². The van der Waals surface area contributed by atoms with Gasteiger partial charge in [0, 0.05) is 13.1 Å². The molecule has 0 saturated carbocycles. The summed E-state index contributed by atoms with van der Waals surface area (Å²) in [7, 11) is 1.43. The summed E-state index contributed by atoms with van der Waals surface area (Å²) in [5.74, 6) is -0.543. The number of benzene rings is 1. The minimum absolute atomic E-state index is 0.0299. The fraction of sp³-hybridized carbons (Fsp3) is 0.611. The van der Waals surface area contributed by atoms with Gasteiger partial charge in [-0.25, -0.2) is 4.39 Å². The highest BCUT2D eigenvalue weighted by Crippen LogP contribution is 2.24. The predicted molar refractivity (Wildman–Crippen MR) is 94.4 cm³/mol. The average Bonchev–Trinajstić information content (AvgIpc) is 2.55. The first-order valence-electron chi connectivity index (χ1n) is 8.47. The first-order chi connectivity index (χ1) is 11.6. The third-order valence-electron chi connectivity index (χ3n) is 4.75. The number of hydrogen-bond donors (Lipinski definition) is 1. The summed E-state index contributed by atoms with van der Waals surface area (Å²) >= 11 is 0. The second-order valence-corrected chi connectivity index (χ2v) is 7.33. The average molecular weight is 350 g/mol. The molecule has 1 amide bonds. The van der Waals surface area contributed by atoms with Crippen LogP contribution in [0, 0.1) is 5.82 Å². The van der Waals surface area contributed by atoms with E-state index in [2.05, 4.69) is 0 Å². The van der Waals surface area contributed by atoms with E-state index in [9.17, 15) is 14.3 Å². The molecule has 0 bridgehead atoms. The van der Waals surface area contributed by atoms with Crippen LogP contribution in [0.4, 0.5) is 4.39 Å². The highest BCUT2D eigenvalue weighted by molar-refractivity contribution is 6.47. The van der Waals surface area contributed by atoms with E-state index in [0.29, 0.717) is 37.3 Å². The third kappa shape index (κ3) is 5.27. The molecule has 1 saturated heterocycles. The first kappa shape index (κ1) is 19.9. The van der Waals surface area contributed by atoms with Gasteiger partial charge < -0.3 is 19.4 Å². The Hall–Kier alpha value is -1.44. The van der Waals surface area contributed by atoms with Gasteiger partial charge >= 0.3 is 7.48 Å². The molecule has 0 unspecified atom stereocenters. The van der Waals surface area contributed by atoms with Crippen molar-refractivity contribution in [2.45, 2.75) is 45.3 Å². The summed E-state index contributed by atoms with van der Waals surface area (Å²) in [5, 5.41) is 10.1. The van der Waals surface area contributed by atoms with Gasteiger partial charge in [-0.15, -0.1) is 0 Å². The predicted octanol–water partition coefficient (Wildman–Crippen LogP) is 1.04. The molecule has 0 atom stereocenters. The van der Waals surface area contributed by atoms with Gasteiger partial charge in [0.15, 0.2) is 0 Å². The fourth-order valence-corrected chi connectivity index (χ4v) is 2.23. The van der Waals surface area contributed by atoms with Crippen LogP contribution in [0.15, 0.2) is 18.2 Å². The van der Waals surface area contributed by atoms with E-state index in [1.807, 2.05) is 0 Å². The largest absolute Gasteiger partial charge is 0.427 e. The Labute approximate surface area is 149 Å². The summed E-state index contributed by atoms with van der Waals surface area (Å²) in [6.07, 6.45) is 0.0299. The maximum absolute atomic E-state index is 14.3. The van der Waals surface area contributed by atoms with E-state index in [1.165, 1.54) is 13.5 Å². The molecule has 1 aliphatic rings. The van der Waals surface area contributed by atoms with Crippen molar-refractivity contribution in [1.29, 1.82) is 0 Å². The maximum Gasteiger partial charge on any atom is 0.331 e. The van der Waals surface area contributed by atoms with Crippen molar-refractivity contribution in [3.05, 3.63) is 29.6 Å². The molecule has 25 heavy (non-hydrogen) atoms. The van der Waals surface area contributed by atoms with Crippen LogP contribution in [0.2, 0.25) is 0 Å². The summed E-state index contributed by atoms with van der Waals surface area (Å²) in [5.41, 5.74) is -0.978. The second kappa shape index (κ2) is 7.85. The zero-order chi connectivity index (χ0) is 18.7. The van der Waals surface area contributed by atoms with E-state index < -0.39 is 17.0 Å². The van der Waals surface area contributed by atoms with Gasteiger partial charge in [-0.1, -0.05) is 17.6 Å². The second-order valence-electron chi connectivity index (χ2n) is 7.33. The summed E-state index contributed by atoms with van der Waals surface area (Å²) < 4.78 is 25.1. The van der Waals surface area contributed by atoms with Crippen LogP contribution in [0.5, 0.6) is 0 Å². The zero-order valence-corrected chi connectivity index (χ0v) is 15.3. The number of halogens is 1. The molecule has 1 aromatic carbocycles. The first-order valence-corrected chi connectivity index (χ1v) is 8.47. The minimum atomic E-state index is -1.05. The number of aliphatic hydroxyl groups is 1. The van der Waals surface area contributed by atoms with Crippen LogP contribution < -0.4 is 5.46 Å². The van der Waals surface area contributed by atoms with Gasteiger partial charge in [0.25, 0.3) is 0 Å². The van der Waals surface area contributed by atoms with E-state index in [4.69, 9.17) is 9.39 Å². The van der Waals surface area contributed by atoms with Crippen LogP contribution in [0.3, 0.4) is 0 Å². The molecular formula is C18H26BFNO4. The van der Waals surface area contributed by atoms with Gasteiger partial charge in [0.1, 0.15) is 5.82 Å². The molecule has 1 aliphatic heterocycles. The molecule has 0 spiro atoms. The van der Waals surface area contributed by atoms with E-state index in [-0.39, 0.29) is 12.3 Å². The Morgan fingerprint density at radius 1 is 1.32 bits per heavy atom. The number of carbonyl (C=O) groups excluding carboxylic acids is 1. The van der Waals surface area contributed by atoms with Crippen LogP contribution in [-0.2, 0) is 20.6 Å². The number of amides is 1. The van der Waals surface area contributed by atoms with Crippen molar-refractivity contribution in [2.75, 3.05) is 26.3 Å². The third-order valence-corrected chi connectivity index (χ3v) is 4.75. The van der Waals surface area contributed by atoms with Gasteiger partial charge in [-0.3, -0.25) is 4.79 Å². The van der Waals surface area contributed by atoms with Crippen LogP contribution in [0.25, 0.3) is 0 Å². The maximum atomic E-state index is 14.3. The monoisotopic (exact) mass is 350 g/mol. The molecule has 1 aromatic rings. The standard InChI is InChI=1S/C18H26BFNO4/c1-17(2,23)18(3,4)25-19-14-6-5-13(15(20)12-14)11-16(22)21-7-9-24-10-8-21/h5-6,12,23H,7-11H2,1-4H3. The molecule has 137 valence electrons. The summed E-state index contributed by atoms with van der Waals surface area (Å²) in [6, 6.07) is 4.63. The Kier molecular flexibility index (Phi) is 6.24. The number of ether oxygens (including phenoxy) is 1. The SMILES string of the molecule is CC(C)(O)C(C)(C)O[B]c1ccc(CC(=O)N2CCOCC2)c(F)c1. The normalized spacial score (nSPS) is 16.0. The molecule has 0 aliphatic carbocycles. The Balaban J connectivity index is 1.97. The topological polar surface area (TPSA) is 59.0 Å². The molecule has 2 rings (SSSR count). The molecule has 7 heteroatoms. The lowest BCUT2D eigenvalue weighted by atomic mass is 9.82. The Morgan fingerprint density at radius 3 is 2.52 bits per heavy atom. The zero-order valence-electron chi connectivity index (χ0n) is 15.3. The van der Waals surface area contributed by atoms with Crippen molar-refractivity contribution in [1.82, 2.24) is 4.90 Å². The number of morpholine rings is 1. The lowest BCUT2D eigenvalue weighted by Gasteiger charge is -2.37. The number of rotatable bonds is 6. The summed E-state index contributed by atoms with van der Waals surface area (Å²) in [6.45, 7) is 8.97.